The summed E-state index contributed by atoms with van der Waals surface area (Å²) in [5, 5.41) is 9.29. The van der Waals surface area contributed by atoms with Gasteiger partial charge in [0.05, 0.1) is 7.11 Å². The first kappa shape index (κ1) is 21.8. The first-order valence-corrected chi connectivity index (χ1v) is 10.5. The Kier molecular flexibility index (Phi) is 7.07. The molecular weight excluding hydrogens is 416 g/mol. The van der Waals surface area contributed by atoms with Gasteiger partial charge in [-0.2, -0.15) is 0 Å². The lowest BCUT2D eigenvalue weighted by molar-refractivity contribution is -0.116. The lowest BCUT2D eigenvalue weighted by atomic mass is 10.1. The van der Waals surface area contributed by atoms with Crippen LogP contribution in [0.15, 0.2) is 85.3 Å². The second kappa shape index (κ2) is 10.7. The summed E-state index contributed by atoms with van der Waals surface area (Å²) in [7, 11) is 1.63. The quantitative estimate of drug-likeness (QED) is 0.339. The number of amides is 1. The number of rotatable bonds is 9. The minimum atomic E-state index is -0.0347. The fourth-order valence-corrected chi connectivity index (χ4v) is 3.12. The van der Waals surface area contributed by atoms with Gasteiger partial charge in [-0.05, 0) is 60.5 Å². The summed E-state index contributed by atoms with van der Waals surface area (Å²) < 4.78 is 5.15. The van der Waals surface area contributed by atoms with E-state index in [9.17, 15) is 4.79 Å². The number of hydrogen-bond acceptors (Lipinski definition) is 7. The molecule has 0 radical (unpaired) electrons. The monoisotopic (exact) mass is 440 g/mol. The van der Waals surface area contributed by atoms with Crippen LogP contribution in [0, 0.1) is 0 Å². The number of nitrogens with one attached hydrogen (secondary N) is 3. The zero-order chi connectivity index (χ0) is 22.9. The smallest absolute Gasteiger partial charge is 0.224 e. The summed E-state index contributed by atoms with van der Waals surface area (Å²) in [6, 6.07) is 22.6. The minimum absolute atomic E-state index is 0.0347. The maximum atomic E-state index is 12.3. The Morgan fingerprint density at radius 1 is 0.818 bits per heavy atom. The number of anilines is 5. The van der Waals surface area contributed by atoms with E-state index in [4.69, 9.17) is 4.74 Å². The fraction of sp³-hybridized carbons (Fsp3) is 0.120. The molecule has 0 aliphatic rings. The zero-order valence-corrected chi connectivity index (χ0v) is 18.2. The molecule has 1 amide bonds. The van der Waals surface area contributed by atoms with Crippen molar-refractivity contribution in [1.29, 1.82) is 0 Å². The Morgan fingerprint density at radius 3 is 2.24 bits per heavy atom. The van der Waals surface area contributed by atoms with Crippen molar-refractivity contribution in [3.8, 4) is 5.75 Å². The molecule has 0 atom stereocenters. The van der Waals surface area contributed by atoms with E-state index in [1.165, 1.54) is 6.33 Å². The summed E-state index contributed by atoms with van der Waals surface area (Å²) >= 11 is 0. The van der Waals surface area contributed by atoms with E-state index in [0.717, 1.165) is 22.7 Å². The molecule has 2 aromatic heterocycles. The molecule has 0 bridgehead atoms. The van der Waals surface area contributed by atoms with Gasteiger partial charge in [0.15, 0.2) is 0 Å². The summed E-state index contributed by atoms with van der Waals surface area (Å²) in [6.07, 6.45) is 4.25. The van der Waals surface area contributed by atoms with Crippen LogP contribution < -0.4 is 20.7 Å². The molecule has 8 heteroatoms. The van der Waals surface area contributed by atoms with Crippen LogP contribution in [0.4, 0.5) is 28.8 Å². The van der Waals surface area contributed by atoms with E-state index in [1.54, 1.807) is 19.4 Å². The van der Waals surface area contributed by atoms with Gasteiger partial charge in [-0.25, -0.2) is 15.0 Å². The molecule has 33 heavy (non-hydrogen) atoms. The average Bonchev–Trinajstić information content (AvgIpc) is 2.85. The molecule has 4 rings (SSSR count). The number of methoxy groups -OCH3 is 1. The van der Waals surface area contributed by atoms with Gasteiger partial charge in [-0.15, -0.1) is 0 Å². The molecule has 0 saturated carbocycles. The van der Waals surface area contributed by atoms with Crippen molar-refractivity contribution in [1.82, 2.24) is 15.0 Å². The second-order valence-electron chi connectivity index (χ2n) is 7.23. The van der Waals surface area contributed by atoms with Gasteiger partial charge in [0.2, 0.25) is 5.91 Å². The first-order valence-electron chi connectivity index (χ1n) is 10.5. The summed E-state index contributed by atoms with van der Waals surface area (Å²) in [4.78, 5) is 25.0. The minimum Gasteiger partial charge on any atom is -0.497 e. The predicted octanol–water partition coefficient (Wildman–Crippen LogP) is 4.94. The molecule has 2 aromatic carbocycles. The third kappa shape index (κ3) is 6.51. The van der Waals surface area contributed by atoms with E-state index in [1.807, 2.05) is 66.7 Å². The number of benzene rings is 2. The van der Waals surface area contributed by atoms with Gasteiger partial charge in [-0.1, -0.05) is 18.2 Å². The van der Waals surface area contributed by atoms with Crippen molar-refractivity contribution >= 4 is 34.7 Å². The molecule has 0 spiro atoms. The Morgan fingerprint density at radius 2 is 1.55 bits per heavy atom. The van der Waals surface area contributed by atoms with E-state index in [0.29, 0.717) is 30.3 Å². The van der Waals surface area contributed by atoms with E-state index in [2.05, 4.69) is 30.9 Å². The van der Waals surface area contributed by atoms with E-state index >= 15 is 0 Å². The number of carbonyl (C=O) groups is 1. The van der Waals surface area contributed by atoms with E-state index < -0.39 is 0 Å². The second-order valence-corrected chi connectivity index (χ2v) is 7.23. The third-order valence-corrected chi connectivity index (χ3v) is 4.83. The molecule has 3 N–H and O–H groups in total. The Hall–Kier alpha value is -4.46. The normalized spacial score (nSPS) is 10.3. The van der Waals surface area contributed by atoms with Crippen LogP contribution in [0.25, 0.3) is 0 Å². The predicted molar refractivity (Wildman–Crippen MR) is 129 cm³/mol. The van der Waals surface area contributed by atoms with Crippen molar-refractivity contribution in [2.24, 2.45) is 0 Å². The molecule has 0 saturated heterocycles. The summed E-state index contributed by atoms with van der Waals surface area (Å²) in [5.41, 5.74) is 2.67. The van der Waals surface area contributed by atoms with Gasteiger partial charge in [0.25, 0.3) is 0 Å². The van der Waals surface area contributed by atoms with Gasteiger partial charge in [0.1, 0.15) is 29.5 Å². The van der Waals surface area contributed by atoms with Crippen LogP contribution in [0.5, 0.6) is 5.75 Å². The van der Waals surface area contributed by atoms with Crippen LogP contribution in [0.2, 0.25) is 0 Å². The van der Waals surface area contributed by atoms with Crippen LogP contribution in [0.3, 0.4) is 0 Å². The lowest BCUT2D eigenvalue weighted by Crippen LogP contribution is -2.12. The standard InChI is InChI=1S/C25H24N6O2/c1-33-21-12-5-18(6-13-21)7-14-25(32)30-20-10-8-19(9-11-20)29-23-16-24(28-17-27-23)31-22-4-2-3-15-26-22/h2-6,8-13,15-17H,7,14H2,1H3,(H,30,32)(H2,26,27,28,29,31). The number of ether oxygens (including phenoxy) is 1. The van der Waals surface area contributed by atoms with Gasteiger partial charge < -0.3 is 20.7 Å². The maximum absolute atomic E-state index is 12.3. The molecule has 2 heterocycles. The highest BCUT2D eigenvalue weighted by molar-refractivity contribution is 5.91. The van der Waals surface area contributed by atoms with Crippen molar-refractivity contribution in [3.63, 3.8) is 0 Å². The first-order chi connectivity index (χ1) is 16.2. The van der Waals surface area contributed by atoms with Crippen molar-refractivity contribution in [3.05, 3.63) is 90.9 Å². The molecule has 0 aliphatic carbocycles. The topological polar surface area (TPSA) is 101 Å². The van der Waals surface area contributed by atoms with Crippen LogP contribution in [-0.2, 0) is 11.2 Å². The number of hydrogen-bond donors (Lipinski definition) is 3. The highest BCUT2D eigenvalue weighted by Crippen LogP contribution is 2.20. The molecule has 8 nitrogen and oxygen atoms in total. The Balaban J connectivity index is 1.29. The Bertz CT molecular complexity index is 1180. The molecule has 0 unspecified atom stereocenters. The Labute approximate surface area is 192 Å². The zero-order valence-electron chi connectivity index (χ0n) is 18.2. The lowest BCUT2D eigenvalue weighted by Gasteiger charge is -2.10. The molecule has 0 fully saturated rings. The molecular formula is C25H24N6O2. The number of aromatic nitrogens is 3. The number of carbonyl (C=O) groups excluding carboxylic acids is 1. The van der Waals surface area contributed by atoms with Crippen LogP contribution in [0.1, 0.15) is 12.0 Å². The summed E-state index contributed by atoms with van der Waals surface area (Å²) in [6.45, 7) is 0. The number of pyridine rings is 1. The van der Waals surface area contributed by atoms with Gasteiger partial charge in [-0.3, -0.25) is 4.79 Å². The SMILES string of the molecule is COc1ccc(CCC(=O)Nc2ccc(Nc3cc(Nc4ccccn4)ncn3)cc2)cc1. The van der Waals surface area contributed by atoms with Crippen molar-refractivity contribution in [2.45, 2.75) is 12.8 Å². The maximum Gasteiger partial charge on any atom is 0.224 e. The van der Waals surface area contributed by atoms with Gasteiger partial charge in [0, 0.05) is 30.1 Å². The fourth-order valence-electron chi connectivity index (χ4n) is 3.12. The molecule has 166 valence electrons. The van der Waals surface area contributed by atoms with Crippen LogP contribution in [-0.4, -0.2) is 28.0 Å². The number of nitrogens with zero attached hydrogens (tertiary/aromatic N) is 3. The average molecular weight is 441 g/mol. The van der Waals surface area contributed by atoms with Gasteiger partial charge >= 0.3 is 0 Å². The highest BCUT2D eigenvalue weighted by Gasteiger charge is 2.05. The van der Waals surface area contributed by atoms with Crippen molar-refractivity contribution in [2.75, 3.05) is 23.1 Å². The molecule has 4 aromatic rings. The van der Waals surface area contributed by atoms with E-state index in [-0.39, 0.29) is 5.91 Å². The number of aryl methyl sites for hydroxylation is 1. The largest absolute Gasteiger partial charge is 0.497 e. The summed E-state index contributed by atoms with van der Waals surface area (Å²) in [5.74, 6) is 2.74. The molecule has 0 aliphatic heterocycles. The highest BCUT2D eigenvalue weighted by atomic mass is 16.5. The third-order valence-electron chi connectivity index (χ3n) is 4.83. The van der Waals surface area contributed by atoms with Crippen LogP contribution >= 0.6 is 0 Å². The van der Waals surface area contributed by atoms with Crippen molar-refractivity contribution < 1.29 is 9.53 Å².